The van der Waals surface area contributed by atoms with Gasteiger partial charge in [0.1, 0.15) is 11.3 Å². The number of halogens is 3. The number of carbonyl (C=O) groups excluding carboxylic acids is 1. The summed E-state index contributed by atoms with van der Waals surface area (Å²) in [6.07, 6.45) is -2.42. The van der Waals surface area contributed by atoms with Crippen molar-refractivity contribution in [2.24, 2.45) is 0 Å². The molecule has 0 radical (unpaired) electrons. The van der Waals surface area contributed by atoms with E-state index in [4.69, 9.17) is 15.2 Å². The van der Waals surface area contributed by atoms with Crippen molar-refractivity contribution in [3.8, 4) is 11.6 Å². The first-order valence-electron chi connectivity index (χ1n) is 7.65. The van der Waals surface area contributed by atoms with Crippen LogP contribution in [0.25, 0.3) is 0 Å². The van der Waals surface area contributed by atoms with E-state index in [0.717, 1.165) is 18.6 Å². The molecular weight excluding hydrogens is 339 g/mol. The van der Waals surface area contributed by atoms with Crippen molar-refractivity contribution < 1.29 is 27.4 Å². The number of hydrogen-bond donors (Lipinski definition) is 1. The van der Waals surface area contributed by atoms with Crippen LogP contribution < -0.4 is 10.5 Å². The summed E-state index contributed by atoms with van der Waals surface area (Å²) in [5, 5.41) is 4.09. The average Bonchev–Trinajstić information content (AvgIpc) is 2.91. The summed E-state index contributed by atoms with van der Waals surface area (Å²) in [4.78, 5) is 12.0. The molecule has 0 fully saturated rings. The number of ether oxygens (including phenoxy) is 2. The van der Waals surface area contributed by atoms with Crippen LogP contribution in [-0.4, -0.2) is 22.4 Å². The van der Waals surface area contributed by atoms with Gasteiger partial charge in [0.15, 0.2) is 0 Å². The van der Waals surface area contributed by atoms with Crippen molar-refractivity contribution in [3.05, 3.63) is 35.5 Å². The summed E-state index contributed by atoms with van der Waals surface area (Å²) in [7, 11) is 0. The summed E-state index contributed by atoms with van der Waals surface area (Å²) in [5.74, 6) is -0.912. The first kappa shape index (κ1) is 18.6. The lowest BCUT2D eigenvalue weighted by Crippen LogP contribution is -2.09. The predicted molar refractivity (Wildman–Crippen MR) is 84.4 cm³/mol. The second-order valence-corrected chi connectivity index (χ2v) is 5.18. The van der Waals surface area contributed by atoms with Crippen LogP contribution in [0.3, 0.4) is 0 Å². The summed E-state index contributed by atoms with van der Waals surface area (Å²) in [5.41, 5.74) is 3.97. The monoisotopic (exact) mass is 357 g/mol. The van der Waals surface area contributed by atoms with Crippen LogP contribution in [0.4, 0.5) is 18.9 Å². The molecule has 2 aromatic rings. The molecule has 0 saturated heterocycles. The van der Waals surface area contributed by atoms with Gasteiger partial charge < -0.3 is 15.2 Å². The first-order chi connectivity index (χ1) is 11.8. The van der Waals surface area contributed by atoms with Crippen molar-refractivity contribution >= 4 is 11.7 Å². The highest BCUT2D eigenvalue weighted by atomic mass is 19.4. The SMILES string of the molecule is CCCn1cc(C(=O)OCC)c(Oc2ccc(N)c(C(F)(F)F)c2)n1. The molecule has 0 spiro atoms. The highest BCUT2D eigenvalue weighted by molar-refractivity contribution is 5.91. The van der Waals surface area contributed by atoms with Gasteiger partial charge in [-0.05, 0) is 31.5 Å². The van der Waals surface area contributed by atoms with Crippen LogP contribution in [0.1, 0.15) is 36.2 Å². The molecule has 0 atom stereocenters. The number of benzene rings is 1. The fourth-order valence-corrected chi connectivity index (χ4v) is 2.13. The van der Waals surface area contributed by atoms with E-state index in [1.165, 1.54) is 16.9 Å². The Kier molecular flexibility index (Phi) is 5.55. The quantitative estimate of drug-likeness (QED) is 0.627. The zero-order valence-corrected chi connectivity index (χ0v) is 13.8. The molecular formula is C16H18F3N3O3. The molecule has 6 nitrogen and oxygen atoms in total. The lowest BCUT2D eigenvalue weighted by Gasteiger charge is -2.12. The number of esters is 1. The van der Waals surface area contributed by atoms with Gasteiger partial charge in [-0.25, -0.2) is 4.79 Å². The summed E-state index contributed by atoms with van der Waals surface area (Å²) < 4.78 is 50.7. The van der Waals surface area contributed by atoms with Crippen LogP contribution in [-0.2, 0) is 17.5 Å². The van der Waals surface area contributed by atoms with Crippen molar-refractivity contribution in [2.75, 3.05) is 12.3 Å². The van der Waals surface area contributed by atoms with Gasteiger partial charge in [-0.15, -0.1) is 5.10 Å². The predicted octanol–water partition coefficient (Wildman–Crippen LogP) is 3.86. The zero-order valence-electron chi connectivity index (χ0n) is 13.8. The Morgan fingerprint density at radius 2 is 2.04 bits per heavy atom. The number of carbonyl (C=O) groups is 1. The van der Waals surface area contributed by atoms with Crippen molar-refractivity contribution in [1.29, 1.82) is 0 Å². The Hall–Kier alpha value is -2.71. The van der Waals surface area contributed by atoms with Gasteiger partial charge in [0.25, 0.3) is 5.88 Å². The number of nitrogens with two attached hydrogens (primary N) is 1. The van der Waals surface area contributed by atoms with Gasteiger partial charge >= 0.3 is 12.1 Å². The number of nitrogens with zero attached hydrogens (tertiary/aromatic N) is 2. The van der Waals surface area contributed by atoms with E-state index in [1.807, 2.05) is 6.92 Å². The van der Waals surface area contributed by atoms with E-state index in [2.05, 4.69) is 5.10 Å². The minimum Gasteiger partial charge on any atom is -0.462 e. The Morgan fingerprint density at radius 3 is 2.64 bits per heavy atom. The first-order valence-corrected chi connectivity index (χ1v) is 7.65. The maximum Gasteiger partial charge on any atom is 0.418 e. The van der Waals surface area contributed by atoms with Crippen LogP contribution >= 0.6 is 0 Å². The van der Waals surface area contributed by atoms with Gasteiger partial charge in [0.05, 0.1) is 12.2 Å². The summed E-state index contributed by atoms with van der Waals surface area (Å²) in [6.45, 7) is 4.23. The normalized spacial score (nSPS) is 11.4. The van der Waals surface area contributed by atoms with Gasteiger partial charge in [-0.3, -0.25) is 4.68 Å². The lowest BCUT2D eigenvalue weighted by atomic mass is 10.1. The van der Waals surface area contributed by atoms with Gasteiger partial charge in [0.2, 0.25) is 0 Å². The fraction of sp³-hybridized carbons (Fsp3) is 0.375. The van der Waals surface area contributed by atoms with E-state index in [9.17, 15) is 18.0 Å². The number of hydrogen-bond acceptors (Lipinski definition) is 5. The molecule has 1 heterocycles. The van der Waals surface area contributed by atoms with Crippen molar-refractivity contribution in [1.82, 2.24) is 9.78 Å². The lowest BCUT2D eigenvalue weighted by molar-refractivity contribution is -0.137. The zero-order chi connectivity index (χ0) is 18.6. The Bertz CT molecular complexity index is 757. The van der Waals surface area contributed by atoms with E-state index in [0.29, 0.717) is 6.54 Å². The molecule has 0 unspecified atom stereocenters. The molecule has 2 N–H and O–H groups in total. The summed E-state index contributed by atoms with van der Waals surface area (Å²) >= 11 is 0. The molecule has 25 heavy (non-hydrogen) atoms. The average molecular weight is 357 g/mol. The molecule has 0 amide bonds. The second-order valence-electron chi connectivity index (χ2n) is 5.18. The molecule has 136 valence electrons. The Morgan fingerprint density at radius 1 is 1.32 bits per heavy atom. The molecule has 0 bridgehead atoms. The smallest absolute Gasteiger partial charge is 0.418 e. The third-order valence-electron chi connectivity index (χ3n) is 3.22. The standard InChI is InChI=1S/C16H18F3N3O3/c1-3-7-22-9-11(15(23)24-4-2)14(21-22)25-10-5-6-13(20)12(8-10)16(17,18)19/h5-6,8-9H,3-4,7,20H2,1-2H3. The van der Waals surface area contributed by atoms with Crippen LogP contribution in [0, 0.1) is 0 Å². The van der Waals surface area contributed by atoms with E-state index in [-0.39, 0.29) is 23.8 Å². The number of rotatable bonds is 6. The molecule has 1 aromatic heterocycles. The molecule has 1 aromatic carbocycles. The van der Waals surface area contributed by atoms with Gasteiger partial charge in [-0.2, -0.15) is 13.2 Å². The topological polar surface area (TPSA) is 79.4 Å². The largest absolute Gasteiger partial charge is 0.462 e. The highest BCUT2D eigenvalue weighted by Crippen LogP contribution is 2.37. The van der Waals surface area contributed by atoms with Gasteiger partial charge in [0, 0.05) is 18.4 Å². The summed E-state index contributed by atoms with van der Waals surface area (Å²) in [6, 6.07) is 3.13. The number of aromatic nitrogens is 2. The van der Waals surface area contributed by atoms with E-state index >= 15 is 0 Å². The third-order valence-corrected chi connectivity index (χ3v) is 3.22. The maximum atomic E-state index is 13.0. The highest BCUT2D eigenvalue weighted by Gasteiger charge is 2.33. The minimum atomic E-state index is -4.62. The molecule has 2 rings (SSSR count). The molecule has 0 aliphatic carbocycles. The number of aryl methyl sites for hydroxylation is 1. The molecule has 9 heteroatoms. The second kappa shape index (κ2) is 7.45. The number of anilines is 1. The molecule has 0 aliphatic heterocycles. The van der Waals surface area contributed by atoms with E-state index in [1.54, 1.807) is 6.92 Å². The minimum absolute atomic E-state index is 0.0423. The van der Waals surface area contributed by atoms with E-state index < -0.39 is 23.4 Å². The Balaban J connectivity index is 2.37. The fourth-order valence-electron chi connectivity index (χ4n) is 2.13. The van der Waals surface area contributed by atoms with Crippen molar-refractivity contribution in [2.45, 2.75) is 33.0 Å². The molecule has 0 aliphatic rings. The number of nitrogen functional groups attached to an aromatic ring is 1. The molecule has 0 saturated carbocycles. The number of alkyl halides is 3. The van der Waals surface area contributed by atoms with Crippen LogP contribution in [0.15, 0.2) is 24.4 Å². The maximum absolute atomic E-state index is 13.0. The van der Waals surface area contributed by atoms with Crippen LogP contribution in [0.2, 0.25) is 0 Å². The Labute approximate surface area is 142 Å². The third kappa shape index (κ3) is 4.43. The van der Waals surface area contributed by atoms with Gasteiger partial charge in [-0.1, -0.05) is 6.92 Å². The van der Waals surface area contributed by atoms with Crippen LogP contribution in [0.5, 0.6) is 11.6 Å². The van der Waals surface area contributed by atoms with Crippen molar-refractivity contribution in [3.63, 3.8) is 0 Å².